The van der Waals surface area contributed by atoms with Crippen molar-refractivity contribution >= 4 is 5.97 Å². The molecular formula is C10H11FO2. The summed E-state index contributed by atoms with van der Waals surface area (Å²) in [6, 6.07) is 4.12. The lowest BCUT2D eigenvalue weighted by molar-refractivity contribution is -0.131. The summed E-state index contributed by atoms with van der Waals surface area (Å²) >= 11 is 0. The third kappa shape index (κ3) is 2.54. The van der Waals surface area contributed by atoms with Crippen LogP contribution in [0.4, 0.5) is 4.39 Å². The number of halogens is 1. The molecule has 0 spiro atoms. The maximum atomic E-state index is 12.7. The van der Waals surface area contributed by atoms with Gasteiger partial charge < -0.3 is 4.74 Å². The molecule has 0 aromatic heterocycles. The van der Waals surface area contributed by atoms with Crippen molar-refractivity contribution in [3.63, 3.8) is 0 Å². The quantitative estimate of drug-likeness (QED) is 0.518. The molecule has 0 unspecified atom stereocenters. The lowest BCUT2D eigenvalue weighted by atomic mass is 10.1. The van der Waals surface area contributed by atoms with E-state index < -0.39 is 0 Å². The van der Waals surface area contributed by atoms with E-state index in [-0.39, 0.29) is 11.8 Å². The molecule has 13 heavy (non-hydrogen) atoms. The number of carbonyl (C=O) groups excluding carboxylic acids is 1. The molecule has 70 valence electrons. The minimum absolute atomic E-state index is 0.312. The highest BCUT2D eigenvalue weighted by atomic mass is 19.1. The maximum absolute atomic E-state index is 12.7. The van der Waals surface area contributed by atoms with Crippen molar-refractivity contribution in [2.45, 2.75) is 20.3 Å². The molecule has 0 N–H and O–H groups in total. The molecule has 3 heteroatoms. The number of ether oxygens (including phenoxy) is 1. The molecule has 0 amide bonds. The van der Waals surface area contributed by atoms with Crippen LogP contribution in [0, 0.1) is 5.82 Å². The first kappa shape index (κ1) is 9.71. The summed E-state index contributed by atoms with van der Waals surface area (Å²) in [6.07, 6.45) is 0.639. The highest BCUT2D eigenvalue weighted by molar-refractivity contribution is 5.69. The minimum atomic E-state index is -0.388. The summed E-state index contributed by atoms with van der Waals surface area (Å²) in [5.74, 6) is -0.259. The van der Waals surface area contributed by atoms with Gasteiger partial charge in [0.1, 0.15) is 11.6 Å². The Morgan fingerprint density at radius 1 is 1.54 bits per heavy atom. The van der Waals surface area contributed by atoms with E-state index in [0.29, 0.717) is 17.7 Å². The Hall–Kier alpha value is -1.38. The van der Waals surface area contributed by atoms with Gasteiger partial charge in [-0.3, -0.25) is 4.79 Å². The summed E-state index contributed by atoms with van der Waals surface area (Å²) in [5.41, 5.74) is 0.704. The molecule has 0 heterocycles. The number of benzene rings is 1. The Morgan fingerprint density at radius 3 is 2.77 bits per heavy atom. The standard InChI is InChI=1S/C10H11FO2/c1-3-8-6-9(11)4-5-10(8)13-7(2)12/h4-6H,3H2,1-2H3. The molecule has 0 aliphatic carbocycles. The minimum Gasteiger partial charge on any atom is -0.426 e. The molecular weight excluding hydrogens is 171 g/mol. The molecule has 1 rings (SSSR count). The largest absolute Gasteiger partial charge is 0.426 e. The van der Waals surface area contributed by atoms with Crippen LogP contribution in [0.1, 0.15) is 19.4 Å². The Labute approximate surface area is 76.3 Å². The lowest BCUT2D eigenvalue weighted by Crippen LogP contribution is -2.03. The number of carbonyl (C=O) groups is 1. The van der Waals surface area contributed by atoms with E-state index in [0.717, 1.165) is 0 Å². The smallest absolute Gasteiger partial charge is 0.308 e. The Kier molecular flexibility index (Phi) is 3.01. The second kappa shape index (κ2) is 4.03. The molecule has 0 radical (unpaired) electrons. The maximum Gasteiger partial charge on any atom is 0.308 e. The number of aryl methyl sites for hydroxylation is 1. The van der Waals surface area contributed by atoms with Crippen LogP contribution < -0.4 is 4.74 Å². The molecule has 1 aromatic rings. The summed E-state index contributed by atoms with van der Waals surface area (Å²) in [7, 11) is 0. The van der Waals surface area contributed by atoms with Crippen molar-refractivity contribution in [1.29, 1.82) is 0 Å². The van der Waals surface area contributed by atoms with Crippen LogP contribution >= 0.6 is 0 Å². The predicted molar refractivity (Wildman–Crippen MR) is 47.1 cm³/mol. The van der Waals surface area contributed by atoms with Crippen molar-refractivity contribution in [3.8, 4) is 5.75 Å². The molecule has 0 atom stereocenters. The molecule has 2 nitrogen and oxygen atoms in total. The lowest BCUT2D eigenvalue weighted by Gasteiger charge is -2.06. The first-order valence-electron chi connectivity index (χ1n) is 4.10. The van der Waals surface area contributed by atoms with Crippen LogP contribution in [0.25, 0.3) is 0 Å². The topological polar surface area (TPSA) is 26.3 Å². The van der Waals surface area contributed by atoms with Crippen molar-refractivity contribution in [3.05, 3.63) is 29.6 Å². The summed E-state index contributed by atoms with van der Waals surface area (Å²) in [5, 5.41) is 0. The van der Waals surface area contributed by atoms with Crippen molar-refractivity contribution in [2.24, 2.45) is 0 Å². The van der Waals surface area contributed by atoms with Crippen molar-refractivity contribution < 1.29 is 13.9 Å². The second-order valence-corrected chi connectivity index (χ2v) is 2.70. The van der Waals surface area contributed by atoms with Gasteiger partial charge >= 0.3 is 5.97 Å². The van der Waals surface area contributed by atoms with Crippen LogP contribution in [0.15, 0.2) is 18.2 Å². The van der Waals surface area contributed by atoms with Gasteiger partial charge in [0.2, 0.25) is 0 Å². The highest BCUT2D eigenvalue weighted by Gasteiger charge is 2.05. The van der Waals surface area contributed by atoms with Gasteiger partial charge in [0.25, 0.3) is 0 Å². The zero-order valence-electron chi connectivity index (χ0n) is 7.63. The highest BCUT2D eigenvalue weighted by Crippen LogP contribution is 2.20. The van der Waals surface area contributed by atoms with Gasteiger partial charge in [-0.05, 0) is 30.2 Å². The molecule has 0 saturated heterocycles. The van der Waals surface area contributed by atoms with Gasteiger partial charge in [-0.2, -0.15) is 0 Å². The molecule has 1 aromatic carbocycles. The van der Waals surface area contributed by atoms with Gasteiger partial charge in [-0.25, -0.2) is 4.39 Å². The fourth-order valence-corrected chi connectivity index (χ4v) is 1.08. The van der Waals surface area contributed by atoms with Crippen LogP contribution in [-0.4, -0.2) is 5.97 Å². The monoisotopic (exact) mass is 182 g/mol. The fraction of sp³-hybridized carbons (Fsp3) is 0.300. The first-order chi connectivity index (χ1) is 6.13. The van der Waals surface area contributed by atoms with E-state index in [1.807, 2.05) is 6.92 Å². The average Bonchev–Trinajstić information content (AvgIpc) is 2.07. The number of hydrogen-bond donors (Lipinski definition) is 0. The second-order valence-electron chi connectivity index (χ2n) is 2.70. The predicted octanol–water partition coefficient (Wildman–Crippen LogP) is 2.31. The van der Waals surface area contributed by atoms with Crippen LogP contribution in [0.5, 0.6) is 5.75 Å². The summed E-state index contributed by atoms with van der Waals surface area (Å²) < 4.78 is 17.6. The van der Waals surface area contributed by atoms with Gasteiger partial charge in [0.15, 0.2) is 0 Å². The molecule has 0 aliphatic heterocycles. The van der Waals surface area contributed by atoms with Crippen LogP contribution in [0.3, 0.4) is 0 Å². The van der Waals surface area contributed by atoms with Crippen LogP contribution in [-0.2, 0) is 11.2 Å². The summed E-state index contributed by atoms with van der Waals surface area (Å²) in [6.45, 7) is 3.20. The van der Waals surface area contributed by atoms with Crippen molar-refractivity contribution in [2.75, 3.05) is 0 Å². The average molecular weight is 182 g/mol. The Morgan fingerprint density at radius 2 is 2.23 bits per heavy atom. The molecule has 0 aliphatic rings. The normalized spacial score (nSPS) is 9.77. The Balaban J connectivity index is 2.99. The van der Waals surface area contributed by atoms with E-state index in [9.17, 15) is 9.18 Å². The van der Waals surface area contributed by atoms with E-state index in [4.69, 9.17) is 4.74 Å². The number of esters is 1. The van der Waals surface area contributed by atoms with Gasteiger partial charge in [-0.1, -0.05) is 6.92 Å². The van der Waals surface area contributed by atoms with Crippen LogP contribution in [0.2, 0.25) is 0 Å². The first-order valence-corrected chi connectivity index (χ1v) is 4.10. The molecule has 0 fully saturated rings. The Bertz CT molecular complexity index is 321. The number of rotatable bonds is 2. The zero-order chi connectivity index (χ0) is 9.84. The fourth-order valence-electron chi connectivity index (χ4n) is 1.08. The molecule has 0 bridgehead atoms. The van der Waals surface area contributed by atoms with E-state index >= 15 is 0 Å². The van der Waals surface area contributed by atoms with E-state index in [1.165, 1.54) is 25.1 Å². The van der Waals surface area contributed by atoms with Gasteiger partial charge in [-0.15, -0.1) is 0 Å². The zero-order valence-corrected chi connectivity index (χ0v) is 7.63. The molecule has 0 saturated carbocycles. The third-order valence-electron chi connectivity index (χ3n) is 1.66. The van der Waals surface area contributed by atoms with Gasteiger partial charge in [0.05, 0.1) is 0 Å². The van der Waals surface area contributed by atoms with Crippen molar-refractivity contribution in [1.82, 2.24) is 0 Å². The third-order valence-corrected chi connectivity index (χ3v) is 1.66. The van der Waals surface area contributed by atoms with Gasteiger partial charge in [0, 0.05) is 6.92 Å². The number of hydrogen-bond acceptors (Lipinski definition) is 2. The van der Waals surface area contributed by atoms with E-state index in [2.05, 4.69) is 0 Å². The SMILES string of the molecule is CCc1cc(F)ccc1OC(C)=O. The van der Waals surface area contributed by atoms with E-state index in [1.54, 1.807) is 0 Å². The summed E-state index contributed by atoms with van der Waals surface area (Å²) in [4.78, 5) is 10.7.